The minimum Gasteiger partial charge on any atom is -0.481 e. The Kier molecular flexibility index (Phi) is 6.13. The molecule has 0 aliphatic carbocycles. The molecule has 2 aliphatic rings. The molecule has 1 atom stereocenters. The summed E-state index contributed by atoms with van der Waals surface area (Å²) in [6, 6.07) is 8.29. The maximum Gasteiger partial charge on any atom is 0.307 e. The number of piperidine rings is 1. The molecule has 27 heavy (non-hydrogen) atoms. The van der Waals surface area contributed by atoms with Crippen LogP contribution in [0.5, 0.6) is 0 Å². The first-order valence-electron chi connectivity index (χ1n) is 9.16. The molecule has 0 aromatic heterocycles. The van der Waals surface area contributed by atoms with Gasteiger partial charge in [-0.3, -0.25) is 14.5 Å². The maximum atomic E-state index is 12.6. The van der Waals surface area contributed by atoms with Gasteiger partial charge in [0, 0.05) is 32.7 Å². The number of piperazine rings is 1. The lowest BCUT2D eigenvalue weighted by molar-refractivity contribution is -0.145. The minimum absolute atomic E-state index is 0.0715. The molecule has 1 aromatic carbocycles. The number of carboxylic acids is 1. The van der Waals surface area contributed by atoms with Gasteiger partial charge in [0.05, 0.1) is 17.4 Å². The second-order valence-electron chi connectivity index (χ2n) is 7.01. The number of hydrogen-bond acceptors (Lipinski definition) is 5. The summed E-state index contributed by atoms with van der Waals surface area (Å²) in [5, 5.41) is 9.15. The average molecular weight is 395 g/mol. The van der Waals surface area contributed by atoms with Crippen LogP contribution in [0.3, 0.4) is 0 Å². The Balaban J connectivity index is 1.53. The zero-order chi connectivity index (χ0) is 19.4. The number of carboxylic acid groups (broad SMARTS) is 1. The van der Waals surface area contributed by atoms with Gasteiger partial charge >= 0.3 is 5.97 Å². The molecule has 2 aliphatic heterocycles. The van der Waals surface area contributed by atoms with Crippen molar-refractivity contribution in [3.05, 3.63) is 30.3 Å². The van der Waals surface area contributed by atoms with Crippen LogP contribution in [0.4, 0.5) is 0 Å². The Hall–Kier alpha value is -1.97. The summed E-state index contributed by atoms with van der Waals surface area (Å²) < 4.78 is 26.7. The molecule has 8 nitrogen and oxygen atoms in total. The molecule has 148 valence electrons. The predicted octanol–water partition coefficient (Wildman–Crippen LogP) is 0.316. The summed E-state index contributed by atoms with van der Waals surface area (Å²) in [5.41, 5.74) is 0. The first-order valence-corrected chi connectivity index (χ1v) is 10.6. The van der Waals surface area contributed by atoms with Crippen LogP contribution in [-0.4, -0.2) is 85.3 Å². The third-order valence-electron chi connectivity index (χ3n) is 5.19. The number of nitrogens with zero attached hydrogens (tertiary/aromatic N) is 3. The lowest BCUT2D eigenvalue weighted by atomic mass is 9.98. The van der Waals surface area contributed by atoms with Gasteiger partial charge in [-0.05, 0) is 31.5 Å². The van der Waals surface area contributed by atoms with Gasteiger partial charge in [-0.2, -0.15) is 4.31 Å². The van der Waals surface area contributed by atoms with E-state index in [-0.39, 0.29) is 30.4 Å². The lowest BCUT2D eigenvalue weighted by Crippen LogP contribution is -2.53. The van der Waals surface area contributed by atoms with E-state index >= 15 is 0 Å². The normalized spacial score (nSPS) is 22.5. The van der Waals surface area contributed by atoms with E-state index in [1.807, 2.05) is 4.90 Å². The van der Waals surface area contributed by atoms with Crippen LogP contribution < -0.4 is 0 Å². The number of rotatable bonds is 5. The molecule has 1 amide bonds. The van der Waals surface area contributed by atoms with E-state index in [2.05, 4.69) is 0 Å². The largest absolute Gasteiger partial charge is 0.481 e. The van der Waals surface area contributed by atoms with Crippen molar-refractivity contribution in [2.45, 2.75) is 17.7 Å². The number of carbonyl (C=O) groups excluding carboxylic acids is 1. The van der Waals surface area contributed by atoms with Crippen molar-refractivity contribution in [3.63, 3.8) is 0 Å². The predicted molar refractivity (Wildman–Crippen MR) is 98.6 cm³/mol. The van der Waals surface area contributed by atoms with Crippen molar-refractivity contribution >= 4 is 21.9 Å². The fraction of sp³-hybridized carbons (Fsp3) is 0.556. The van der Waals surface area contributed by atoms with E-state index in [0.29, 0.717) is 26.1 Å². The van der Waals surface area contributed by atoms with Gasteiger partial charge in [0.2, 0.25) is 15.9 Å². The highest BCUT2D eigenvalue weighted by Gasteiger charge is 2.32. The number of carbonyl (C=O) groups is 2. The van der Waals surface area contributed by atoms with Crippen LogP contribution in [0.1, 0.15) is 12.8 Å². The van der Waals surface area contributed by atoms with Gasteiger partial charge < -0.3 is 10.0 Å². The van der Waals surface area contributed by atoms with Crippen LogP contribution >= 0.6 is 0 Å². The quantitative estimate of drug-likeness (QED) is 0.771. The second-order valence-corrected chi connectivity index (χ2v) is 8.95. The summed E-state index contributed by atoms with van der Waals surface area (Å²) in [6.07, 6.45) is 1.42. The third kappa shape index (κ3) is 4.66. The van der Waals surface area contributed by atoms with Gasteiger partial charge in [-0.1, -0.05) is 18.2 Å². The SMILES string of the molecule is O=C(O)C1CCCN(CC(=O)N2CCN(S(=O)(=O)c3ccccc3)CC2)C1. The zero-order valence-corrected chi connectivity index (χ0v) is 16.0. The molecule has 2 saturated heterocycles. The van der Waals surface area contributed by atoms with Crippen LogP contribution in [0, 0.1) is 5.92 Å². The fourth-order valence-corrected chi connectivity index (χ4v) is 5.05. The number of benzene rings is 1. The van der Waals surface area contributed by atoms with E-state index < -0.39 is 21.9 Å². The Morgan fingerprint density at radius 3 is 2.33 bits per heavy atom. The first kappa shape index (κ1) is 19.8. The number of aliphatic carboxylic acids is 1. The Morgan fingerprint density at radius 1 is 1.04 bits per heavy atom. The molecule has 0 radical (unpaired) electrons. The highest BCUT2D eigenvalue weighted by atomic mass is 32.2. The van der Waals surface area contributed by atoms with Crippen LogP contribution in [0.15, 0.2) is 35.2 Å². The number of sulfonamides is 1. The standard InChI is InChI=1S/C18H25N3O5S/c22-17(14-19-8-4-5-15(13-19)18(23)24)20-9-11-21(12-10-20)27(25,26)16-6-2-1-3-7-16/h1-3,6-7,15H,4-5,8-14H2,(H,23,24). The average Bonchev–Trinajstić information content (AvgIpc) is 2.69. The monoisotopic (exact) mass is 395 g/mol. The van der Waals surface area contributed by atoms with Crippen LogP contribution in [-0.2, 0) is 19.6 Å². The molecule has 1 aromatic rings. The highest BCUT2D eigenvalue weighted by molar-refractivity contribution is 7.89. The van der Waals surface area contributed by atoms with Crippen molar-refractivity contribution < 1.29 is 23.1 Å². The van der Waals surface area contributed by atoms with Crippen molar-refractivity contribution in [1.29, 1.82) is 0 Å². The van der Waals surface area contributed by atoms with E-state index in [9.17, 15) is 18.0 Å². The molecule has 2 fully saturated rings. The zero-order valence-electron chi connectivity index (χ0n) is 15.2. The maximum absolute atomic E-state index is 12.6. The summed E-state index contributed by atoms with van der Waals surface area (Å²) in [4.78, 5) is 27.5. The van der Waals surface area contributed by atoms with Gasteiger partial charge in [-0.15, -0.1) is 0 Å². The first-order chi connectivity index (χ1) is 12.9. The second kappa shape index (κ2) is 8.37. The smallest absolute Gasteiger partial charge is 0.307 e. The van der Waals surface area contributed by atoms with E-state index in [1.165, 1.54) is 4.31 Å². The molecule has 0 saturated carbocycles. The molecule has 0 bridgehead atoms. The molecular formula is C18H25N3O5S. The summed E-state index contributed by atoms with van der Waals surface area (Å²) >= 11 is 0. The van der Waals surface area contributed by atoms with Gasteiger partial charge in [0.1, 0.15) is 0 Å². The van der Waals surface area contributed by atoms with E-state index in [4.69, 9.17) is 5.11 Å². The molecule has 2 heterocycles. The van der Waals surface area contributed by atoms with Crippen LogP contribution in [0.2, 0.25) is 0 Å². The lowest BCUT2D eigenvalue weighted by Gasteiger charge is -2.36. The Bertz CT molecular complexity index is 775. The third-order valence-corrected chi connectivity index (χ3v) is 7.10. The van der Waals surface area contributed by atoms with Crippen molar-refractivity contribution in [2.24, 2.45) is 5.92 Å². The van der Waals surface area contributed by atoms with Gasteiger partial charge in [0.15, 0.2) is 0 Å². The van der Waals surface area contributed by atoms with Gasteiger partial charge in [-0.25, -0.2) is 8.42 Å². The highest BCUT2D eigenvalue weighted by Crippen LogP contribution is 2.19. The van der Waals surface area contributed by atoms with E-state index in [1.54, 1.807) is 35.2 Å². The Morgan fingerprint density at radius 2 is 1.70 bits per heavy atom. The molecule has 9 heteroatoms. The van der Waals surface area contributed by atoms with Crippen molar-refractivity contribution in [2.75, 3.05) is 45.8 Å². The molecule has 0 spiro atoms. The Labute approximate surface area is 159 Å². The topological polar surface area (TPSA) is 98.2 Å². The molecule has 1 unspecified atom stereocenters. The molecule has 1 N–H and O–H groups in total. The number of amides is 1. The van der Waals surface area contributed by atoms with Crippen LogP contribution in [0.25, 0.3) is 0 Å². The van der Waals surface area contributed by atoms with Gasteiger partial charge in [0.25, 0.3) is 0 Å². The summed E-state index contributed by atoms with van der Waals surface area (Å²) in [6.45, 7) is 2.53. The minimum atomic E-state index is -3.54. The number of likely N-dealkylation sites (tertiary alicyclic amines) is 1. The summed E-state index contributed by atoms with van der Waals surface area (Å²) in [7, 11) is -3.54. The molecular weight excluding hydrogens is 370 g/mol. The molecule has 3 rings (SSSR count). The number of hydrogen-bond donors (Lipinski definition) is 1. The van der Waals surface area contributed by atoms with Crippen molar-refractivity contribution in [3.8, 4) is 0 Å². The van der Waals surface area contributed by atoms with Crippen molar-refractivity contribution in [1.82, 2.24) is 14.1 Å². The summed E-state index contributed by atoms with van der Waals surface area (Å²) in [5.74, 6) is -1.30. The fourth-order valence-electron chi connectivity index (χ4n) is 3.61. The van der Waals surface area contributed by atoms with E-state index in [0.717, 1.165) is 13.0 Å².